The Morgan fingerprint density at radius 2 is 1.74 bits per heavy atom. The molecule has 0 saturated carbocycles. The van der Waals surface area contributed by atoms with Crippen molar-refractivity contribution in [2.75, 3.05) is 18.0 Å². The lowest BCUT2D eigenvalue weighted by molar-refractivity contribution is -0.380. The highest BCUT2D eigenvalue weighted by Crippen LogP contribution is 2.31. The summed E-state index contributed by atoms with van der Waals surface area (Å²) in [6.07, 6.45) is 1.70. The number of amides is 1. The van der Waals surface area contributed by atoms with E-state index in [1.54, 1.807) is 6.07 Å². The van der Waals surface area contributed by atoms with Gasteiger partial charge in [-0.1, -0.05) is 57.6 Å². The molecule has 6 nitrogen and oxygen atoms in total. The maximum absolute atomic E-state index is 13.4. The smallest absolute Gasteiger partial charge is 0.305 e. The van der Waals surface area contributed by atoms with Crippen LogP contribution in [0.1, 0.15) is 28.1 Å². The van der Waals surface area contributed by atoms with Crippen molar-refractivity contribution in [2.24, 2.45) is 0 Å². The minimum Gasteiger partial charge on any atom is -0.305 e. The van der Waals surface area contributed by atoms with Gasteiger partial charge in [-0.05, 0) is 48.7 Å². The molecule has 0 atom stereocenters. The molecular formula is C23H22BrN3O3S. The third-order valence-electron chi connectivity index (χ3n) is 5.48. The van der Waals surface area contributed by atoms with E-state index in [1.807, 2.05) is 35.2 Å². The van der Waals surface area contributed by atoms with Gasteiger partial charge in [0.15, 0.2) is 0 Å². The van der Waals surface area contributed by atoms with Crippen LogP contribution >= 0.6 is 27.3 Å². The molecule has 31 heavy (non-hydrogen) atoms. The lowest BCUT2D eigenvalue weighted by Gasteiger charge is -2.38. The topological polar surface area (TPSA) is 66.7 Å². The Hall–Kier alpha value is -2.55. The van der Waals surface area contributed by atoms with Gasteiger partial charge in [-0.25, -0.2) is 0 Å². The SMILES string of the molecule is O=C(c1ccc([N+](=O)[O-])s1)N(c1ccc(Br)cc1)C1CCN(Cc2ccccc2)CC1. The van der Waals surface area contributed by atoms with E-state index in [0.29, 0.717) is 4.88 Å². The fourth-order valence-corrected chi connectivity index (χ4v) is 4.95. The van der Waals surface area contributed by atoms with Crippen molar-refractivity contribution in [2.45, 2.75) is 25.4 Å². The first-order valence-electron chi connectivity index (χ1n) is 10.1. The van der Waals surface area contributed by atoms with E-state index in [9.17, 15) is 14.9 Å². The number of carbonyl (C=O) groups excluding carboxylic acids is 1. The molecule has 1 amide bonds. The molecule has 1 fully saturated rings. The number of benzene rings is 2. The number of nitro groups is 1. The third-order valence-corrected chi connectivity index (χ3v) is 7.03. The average Bonchev–Trinajstić information content (AvgIpc) is 3.28. The maximum Gasteiger partial charge on any atom is 0.324 e. The van der Waals surface area contributed by atoms with E-state index in [-0.39, 0.29) is 17.0 Å². The van der Waals surface area contributed by atoms with Crippen molar-refractivity contribution in [3.63, 3.8) is 0 Å². The molecule has 1 saturated heterocycles. The number of hydrogen-bond acceptors (Lipinski definition) is 5. The fourth-order valence-electron chi connectivity index (χ4n) is 3.93. The van der Waals surface area contributed by atoms with Gasteiger partial charge in [-0.3, -0.25) is 19.8 Å². The largest absolute Gasteiger partial charge is 0.324 e. The zero-order valence-corrected chi connectivity index (χ0v) is 19.2. The number of halogens is 1. The Balaban J connectivity index is 1.53. The molecular weight excluding hydrogens is 478 g/mol. The average molecular weight is 500 g/mol. The number of anilines is 1. The lowest BCUT2D eigenvalue weighted by atomic mass is 10.0. The zero-order chi connectivity index (χ0) is 21.8. The van der Waals surface area contributed by atoms with Gasteiger partial charge in [0, 0.05) is 41.9 Å². The van der Waals surface area contributed by atoms with Gasteiger partial charge < -0.3 is 4.90 Å². The van der Waals surface area contributed by atoms with Gasteiger partial charge in [0.1, 0.15) is 0 Å². The molecule has 0 radical (unpaired) electrons. The van der Waals surface area contributed by atoms with Crippen LogP contribution in [0.5, 0.6) is 0 Å². The standard InChI is InChI=1S/C23H22BrN3O3S/c24-18-6-8-19(9-7-18)26(23(28)21-10-11-22(31-21)27(29)30)20-12-14-25(15-13-20)16-17-4-2-1-3-5-17/h1-11,20H,12-16H2. The van der Waals surface area contributed by atoms with Crippen molar-refractivity contribution in [1.82, 2.24) is 4.90 Å². The number of thiophene rings is 1. The molecule has 8 heteroatoms. The lowest BCUT2D eigenvalue weighted by Crippen LogP contribution is -2.47. The number of piperidine rings is 1. The second kappa shape index (κ2) is 9.72. The minimum absolute atomic E-state index is 0.0169. The second-order valence-corrected chi connectivity index (χ2v) is 9.52. The van der Waals surface area contributed by atoms with Crippen molar-refractivity contribution < 1.29 is 9.72 Å². The number of hydrogen-bond donors (Lipinski definition) is 0. The molecule has 0 N–H and O–H groups in total. The fraction of sp³-hybridized carbons (Fsp3) is 0.261. The summed E-state index contributed by atoms with van der Waals surface area (Å²) in [5.74, 6) is -0.179. The van der Waals surface area contributed by atoms with E-state index in [0.717, 1.165) is 54.0 Å². The molecule has 0 unspecified atom stereocenters. The van der Waals surface area contributed by atoms with Crippen LogP contribution in [0.2, 0.25) is 0 Å². The minimum atomic E-state index is -0.451. The molecule has 2 aromatic carbocycles. The molecule has 160 valence electrons. The van der Waals surface area contributed by atoms with E-state index >= 15 is 0 Å². The number of rotatable bonds is 6. The van der Waals surface area contributed by atoms with Crippen molar-refractivity contribution in [3.05, 3.63) is 91.8 Å². The van der Waals surface area contributed by atoms with Gasteiger partial charge in [0.25, 0.3) is 5.91 Å². The van der Waals surface area contributed by atoms with Gasteiger partial charge in [-0.15, -0.1) is 0 Å². The molecule has 1 aliphatic rings. The van der Waals surface area contributed by atoms with Crippen molar-refractivity contribution >= 4 is 43.9 Å². The number of carbonyl (C=O) groups is 1. The molecule has 0 spiro atoms. The van der Waals surface area contributed by atoms with E-state index in [4.69, 9.17) is 0 Å². The summed E-state index contributed by atoms with van der Waals surface area (Å²) in [6, 6.07) is 21.1. The summed E-state index contributed by atoms with van der Waals surface area (Å²) >= 11 is 4.38. The first kappa shape index (κ1) is 21.7. The number of nitrogens with zero attached hydrogens (tertiary/aromatic N) is 3. The summed E-state index contributed by atoms with van der Waals surface area (Å²) in [7, 11) is 0. The molecule has 3 aromatic rings. The molecule has 0 aliphatic carbocycles. The van der Waals surface area contributed by atoms with Crippen molar-refractivity contribution in [1.29, 1.82) is 0 Å². The Morgan fingerprint density at radius 1 is 1.06 bits per heavy atom. The quantitative estimate of drug-likeness (QED) is 0.320. The Morgan fingerprint density at radius 3 is 2.35 bits per heavy atom. The summed E-state index contributed by atoms with van der Waals surface area (Å²) in [6.45, 7) is 2.69. The van der Waals surface area contributed by atoms with Crippen LogP contribution in [0.3, 0.4) is 0 Å². The van der Waals surface area contributed by atoms with Crippen LogP contribution in [-0.4, -0.2) is 34.9 Å². The van der Waals surface area contributed by atoms with Crippen LogP contribution < -0.4 is 4.90 Å². The Labute approximate surface area is 193 Å². The van der Waals surface area contributed by atoms with E-state index in [1.165, 1.54) is 11.6 Å². The Kier molecular flexibility index (Phi) is 6.80. The first-order valence-corrected chi connectivity index (χ1v) is 11.7. The summed E-state index contributed by atoms with van der Waals surface area (Å²) in [5.41, 5.74) is 2.10. The monoisotopic (exact) mass is 499 g/mol. The zero-order valence-electron chi connectivity index (χ0n) is 16.8. The van der Waals surface area contributed by atoms with Gasteiger partial charge >= 0.3 is 5.00 Å². The Bertz CT molecular complexity index is 1050. The van der Waals surface area contributed by atoms with Gasteiger partial charge in [-0.2, -0.15) is 0 Å². The molecule has 1 aromatic heterocycles. The number of likely N-dealkylation sites (tertiary alicyclic amines) is 1. The predicted octanol–water partition coefficient (Wildman–Crippen LogP) is 5.73. The van der Waals surface area contributed by atoms with E-state index < -0.39 is 4.92 Å². The molecule has 1 aliphatic heterocycles. The maximum atomic E-state index is 13.4. The van der Waals surface area contributed by atoms with Crippen LogP contribution in [0.25, 0.3) is 0 Å². The molecule has 4 rings (SSSR count). The van der Waals surface area contributed by atoms with Crippen molar-refractivity contribution in [3.8, 4) is 0 Å². The highest BCUT2D eigenvalue weighted by molar-refractivity contribution is 9.10. The predicted molar refractivity (Wildman–Crippen MR) is 127 cm³/mol. The normalized spacial score (nSPS) is 15.0. The van der Waals surface area contributed by atoms with Crippen LogP contribution in [0.4, 0.5) is 10.7 Å². The summed E-state index contributed by atoms with van der Waals surface area (Å²) < 4.78 is 0.938. The highest BCUT2D eigenvalue weighted by atomic mass is 79.9. The van der Waals surface area contributed by atoms with E-state index in [2.05, 4.69) is 45.1 Å². The second-order valence-electron chi connectivity index (χ2n) is 7.54. The van der Waals surface area contributed by atoms with Gasteiger partial charge in [0.2, 0.25) is 0 Å². The summed E-state index contributed by atoms with van der Waals surface area (Å²) in [4.78, 5) is 28.7. The molecule has 2 heterocycles. The van der Waals surface area contributed by atoms with Gasteiger partial charge in [0.05, 0.1) is 9.80 Å². The van der Waals surface area contributed by atoms with Crippen LogP contribution in [0, 0.1) is 10.1 Å². The van der Waals surface area contributed by atoms with Crippen LogP contribution in [0.15, 0.2) is 71.2 Å². The van der Waals surface area contributed by atoms with Crippen LogP contribution in [-0.2, 0) is 6.54 Å². The first-order chi connectivity index (χ1) is 15.0. The summed E-state index contributed by atoms with van der Waals surface area (Å²) in [5, 5.41) is 11.1. The highest BCUT2D eigenvalue weighted by Gasteiger charge is 2.31. The molecule has 0 bridgehead atoms. The third kappa shape index (κ3) is 5.20.